The molecule has 0 aliphatic carbocycles. The van der Waals surface area contributed by atoms with E-state index in [4.69, 9.17) is 25.8 Å². The van der Waals surface area contributed by atoms with Gasteiger partial charge < -0.3 is 14.2 Å². The van der Waals surface area contributed by atoms with Crippen LogP contribution >= 0.6 is 11.6 Å². The summed E-state index contributed by atoms with van der Waals surface area (Å²) in [4.78, 5) is 24.0. The van der Waals surface area contributed by atoms with Gasteiger partial charge in [0.1, 0.15) is 0 Å². The lowest BCUT2D eigenvalue weighted by molar-refractivity contribution is -0.190. The van der Waals surface area contributed by atoms with Crippen molar-refractivity contribution in [2.45, 2.75) is 25.0 Å². The molecule has 0 aromatic heterocycles. The normalized spacial score (nSPS) is 23.1. The standard InChI is InChI=1S/C20H20ClNO5/c21-17-8-7-14(15-4-1-2-5-16(15)17)13-10-25-19(26-11-13)6-3-9-22-18(23)12-27-20(22)24/h1-2,4-5,7-8,13,19H,3,6,9-12H2/t13-,19-. The summed E-state index contributed by atoms with van der Waals surface area (Å²) in [7, 11) is 0. The first-order valence-electron chi connectivity index (χ1n) is 9.01. The third-order valence-corrected chi connectivity index (χ3v) is 5.30. The smallest absolute Gasteiger partial charge is 0.417 e. The molecule has 2 fully saturated rings. The third kappa shape index (κ3) is 3.78. The van der Waals surface area contributed by atoms with Gasteiger partial charge in [0.05, 0.1) is 13.2 Å². The molecule has 142 valence electrons. The molecule has 2 amide bonds. The first-order valence-corrected chi connectivity index (χ1v) is 9.39. The van der Waals surface area contributed by atoms with Crippen LogP contribution in [0.3, 0.4) is 0 Å². The van der Waals surface area contributed by atoms with Gasteiger partial charge in [0.2, 0.25) is 0 Å². The van der Waals surface area contributed by atoms with Crippen molar-refractivity contribution in [3.8, 4) is 0 Å². The number of amides is 2. The molecular formula is C20H20ClNO5. The number of rotatable bonds is 5. The van der Waals surface area contributed by atoms with E-state index in [2.05, 4.69) is 6.07 Å². The van der Waals surface area contributed by atoms with Crippen LogP contribution in [-0.2, 0) is 19.0 Å². The maximum absolute atomic E-state index is 11.5. The Bertz CT molecular complexity index is 847. The van der Waals surface area contributed by atoms with E-state index in [0.717, 1.165) is 20.7 Å². The van der Waals surface area contributed by atoms with Crippen molar-refractivity contribution in [3.05, 3.63) is 47.0 Å². The topological polar surface area (TPSA) is 65.1 Å². The average Bonchev–Trinajstić information content (AvgIpc) is 3.01. The van der Waals surface area contributed by atoms with E-state index >= 15 is 0 Å². The lowest BCUT2D eigenvalue weighted by atomic mass is 9.94. The van der Waals surface area contributed by atoms with Crippen LogP contribution in [0.4, 0.5) is 4.79 Å². The molecule has 2 aliphatic heterocycles. The Morgan fingerprint density at radius 2 is 1.78 bits per heavy atom. The molecule has 0 atom stereocenters. The Kier molecular flexibility index (Phi) is 5.29. The molecule has 27 heavy (non-hydrogen) atoms. The quantitative estimate of drug-likeness (QED) is 0.780. The van der Waals surface area contributed by atoms with Crippen LogP contribution in [-0.4, -0.2) is 49.6 Å². The minimum atomic E-state index is -0.569. The first-order chi connectivity index (χ1) is 13.1. The van der Waals surface area contributed by atoms with Crippen LogP contribution in [0.5, 0.6) is 0 Å². The number of halogens is 1. The van der Waals surface area contributed by atoms with Gasteiger partial charge in [0, 0.05) is 29.3 Å². The molecule has 2 aromatic carbocycles. The molecule has 0 N–H and O–H groups in total. The number of carbonyl (C=O) groups is 2. The Hall–Kier alpha value is -2.15. The highest BCUT2D eigenvalue weighted by atomic mass is 35.5. The second-order valence-corrected chi connectivity index (χ2v) is 7.12. The van der Waals surface area contributed by atoms with E-state index in [-0.39, 0.29) is 24.7 Å². The van der Waals surface area contributed by atoms with Gasteiger partial charge >= 0.3 is 6.09 Å². The minimum absolute atomic E-state index is 0.138. The van der Waals surface area contributed by atoms with Gasteiger partial charge in [-0.1, -0.05) is 41.9 Å². The number of nitrogens with zero attached hydrogens (tertiary/aromatic N) is 1. The summed E-state index contributed by atoms with van der Waals surface area (Å²) in [6.45, 7) is 1.28. The van der Waals surface area contributed by atoms with Crippen LogP contribution in [0.15, 0.2) is 36.4 Å². The van der Waals surface area contributed by atoms with Crippen molar-refractivity contribution in [3.63, 3.8) is 0 Å². The van der Waals surface area contributed by atoms with Gasteiger partial charge in [-0.25, -0.2) is 9.69 Å². The fourth-order valence-corrected chi connectivity index (χ4v) is 3.77. The molecule has 0 spiro atoms. The number of hydrogen-bond acceptors (Lipinski definition) is 5. The van der Waals surface area contributed by atoms with Crippen molar-refractivity contribution in [1.29, 1.82) is 0 Å². The summed E-state index contributed by atoms with van der Waals surface area (Å²) in [6.07, 6.45) is 0.333. The summed E-state index contributed by atoms with van der Waals surface area (Å²) >= 11 is 6.30. The molecule has 0 unspecified atom stereocenters. The molecule has 2 aliphatic rings. The van der Waals surface area contributed by atoms with Crippen LogP contribution in [0.2, 0.25) is 5.02 Å². The van der Waals surface area contributed by atoms with E-state index in [9.17, 15) is 9.59 Å². The van der Waals surface area contributed by atoms with Crippen LogP contribution < -0.4 is 0 Å². The molecule has 7 heteroatoms. The maximum Gasteiger partial charge on any atom is 0.417 e. The number of ether oxygens (including phenoxy) is 3. The molecular weight excluding hydrogens is 370 g/mol. The second kappa shape index (κ2) is 7.84. The monoisotopic (exact) mass is 389 g/mol. The lowest BCUT2D eigenvalue weighted by Gasteiger charge is -2.30. The predicted octanol–water partition coefficient (Wildman–Crippen LogP) is 3.71. The van der Waals surface area contributed by atoms with Crippen LogP contribution in [0.1, 0.15) is 24.3 Å². The molecule has 0 saturated carbocycles. The highest BCUT2D eigenvalue weighted by molar-refractivity contribution is 6.35. The first kappa shape index (κ1) is 18.2. The van der Waals surface area contributed by atoms with E-state index in [1.807, 2.05) is 30.3 Å². The number of hydrogen-bond donors (Lipinski definition) is 0. The summed E-state index contributed by atoms with van der Waals surface area (Å²) in [5.74, 6) is -0.154. The molecule has 2 aromatic rings. The number of imide groups is 1. The summed E-state index contributed by atoms with van der Waals surface area (Å²) in [6, 6.07) is 12.0. The van der Waals surface area contributed by atoms with E-state index in [1.165, 1.54) is 5.56 Å². The lowest BCUT2D eigenvalue weighted by Crippen LogP contribution is -2.33. The summed E-state index contributed by atoms with van der Waals surface area (Å²) in [5.41, 5.74) is 1.17. The Balaban J connectivity index is 1.32. The highest BCUT2D eigenvalue weighted by Gasteiger charge is 2.31. The molecule has 2 heterocycles. The Morgan fingerprint density at radius 3 is 2.48 bits per heavy atom. The van der Waals surface area contributed by atoms with Gasteiger partial charge in [-0.2, -0.15) is 0 Å². The van der Waals surface area contributed by atoms with Crippen LogP contribution in [0, 0.1) is 0 Å². The molecule has 4 rings (SSSR count). The van der Waals surface area contributed by atoms with Gasteiger partial charge in [0.25, 0.3) is 5.91 Å². The third-order valence-electron chi connectivity index (χ3n) is 4.97. The molecule has 2 saturated heterocycles. The molecule has 0 radical (unpaired) electrons. The summed E-state index contributed by atoms with van der Waals surface area (Å²) in [5, 5.41) is 2.88. The van der Waals surface area contributed by atoms with Gasteiger partial charge in [0.15, 0.2) is 12.9 Å². The SMILES string of the molecule is O=C1COC(=O)N1CCC[C@H]1OC[C@H](c2ccc(Cl)c3ccccc32)CO1. The minimum Gasteiger partial charge on any atom is -0.439 e. The fourth-order valence-electron chi connectivity index (χ4n) is 3.54. The van der Waals surface area contributed by atoms with E-state index in [1.54, 1.807) is 0 Å². The van der Waals surface area contributed by atoms with Gasteiger partial charge in [-0.3, -0.25) is 4.79 Å². The number of carbonyl (C=O) groups excluding carboxylic acids is 2. The van der Waals surface area contributed by atoms with Gasteiger partial charge in [-0.15, -0.1) is 0 Å². The van der Waals surface area contributed by atoms with Crippen LogP contribution in [0.25, 0.3) is 10.8 Å². The van der Waals surface area contributed by atoms with Crippen molar-refractivity contribution in [1.82, 2.24) is 4.90 Å². The zero-order valence-electron chi connectivity index (χ0n) is 14.7. The zero-order valence-corrected chi connectivity index (χ0v) is 15.5. The average molecular weight is 390 g/mol. The highest BCUT2D eigenvalue weighted by Crippen LogP contribution is 2.33. The Labute approximate surface area is 161 Å². The van der Waals surface area contributed by atoms with E-state index in [0.29, 0.717) is 32.6 Å². The predicted molar refractivity (Wildman–Crippen MR) is 99.7 cm³/mol. The van der Waals surface area contributed by atoms with Crippen molar-refractivity contribution in [2.24, 2.45) is 0 Å². The second-order valence-electron chi connectivity index (χ2n) is 6.72. The maximum atomic E-state index is 11.5. The molecule has 6 nitrogen and oxygen atoms in total. The summed E-state index contributed by atoms with van der Waals surface area (Å²) < 4.78 is 16.4. The largest absolute Gasteiger partial charge is 0.439 e. The molecule has 0 bridgehead atoms. The number of benzene rings is 2. The number of fused-ring (bicyclic) bond motifs is 1. The zero-order chi connectivity index (χ0) is 18.8. The number of cyclic esters (lactones) is 1. The fraction of sp³-hybridized carbons (Fsp3) is 0.400. The van der Waals surface area contributed by atoms with Crippen molar-refractivity contribution < 1.29 is 23.8 Å². The van der Waals surface area contributed by atoms with E-state index < -0.39 is 6.09 Å². The Morgan fingerprint density at radius 1 is 1.04 bits per heavy atom. The van der Waals surface area contributed by atoms with Crippen molar-refractivity contribution >= 4 is 34.4 Å². The van der Waals surface area contributed by atoms with Gasteiger partial charge in [-0.05, 0) is 23.4 Å². The van der Waals surface area contributed by atoms with Crippen molar-refractivity contribution in [2.75, 3.05) is 26.4 Å².